The minimum absolute atomic E-state index is 0.0430. The number of carbonyl (C=O) groups excluding carboxylic acids is 2. The molecule has 0 bridgehead atoms. The number of esters is 1. The molecule has 19 heavy (non-hydrogen) atoms. The van der Waals surface area contributed by atoms with E-state index < -0.39 is 6.04 Å². The Balaban J connectivity index is 2.40. The van der Waals surface area contributed by atoms with E-state index in [0.717, 1.165) is 4.47 Å². The molecule has 1 amide bonds. The molecule has 0 aliphatic rings. The third-order valence-electron chi connectivity index (χ3n) is 2.36. The molecule has 104 valence electrons. The Bertz CT molecular complexity index is 451. The highest BCUT2D eigenvalue weighted by molar-refractivity contribution is 9.10. The van der Waals surface area contributed by atoms with Gasteiger partial charge in [0, 0.05) is 4.47 Å². The van der Waals surface area contributed by atoms with E-state index in [-0.39, 0.29) is 18.4 Å². The molecule has 1 atom stereocenters. The summed E-state index contributed by atoms with van der Waals surface area (Å²) in [5, 5.41) is 5.54. The Morgan fingerprint density at radius 3 is 2.68 bits per heavy atom. The normalized spacial score (nSPS) is 11.7. The smallest absolute Gasteiger partial charge is 0.322 e. The first kappa shape index (κ1) is 15.7. The third-order valence-corrected chi connectivity index (χ3v) is 3.05. The van der Waals surface area contributed by atoms with Crippen LogP contribution < -0.4 is 10.6 Å². The van der Waals surface area contributed by atoms with Gasteiger partial charge in [-0.3, -0.25) is 14.9 Å². The van der Waals surface area contributed by atoms with Crippen molar-refractivity contribution in [1.82, 2.24) is 5.32 Å². The van der Waals surface area contributed by atoms with Gasteiger partial charge in [-0.2, -0.15) is 0 Å². The quantitative estimate of drug-likeness (QED) is 0.783. The number of ether oxygens (including phenoxy) is 1. The topological polar surface area (TPSA) is 67.4 Å². The van der Waals surface area contributed by atoms with Gasteiger partial charge in [0.15, 0.2) is 0 Å². The zero-order chi connectivity index (χ0) is 14.3. The number of anilines is 1. The van der Waals surface area contributed by atoms with Crippen molar-refractivity contribution >= 4 is 33.5 Å². The Morgan fingerprint density at radius 1 is 1.37 bits per heavy atom. The molecule has 1 aromatic rings. The summed E-state index contributed by atoms with van der Waals surface area (Å²) < 4.78 is 5.64. The van der Waals surface area contributed by atoms with Crippen LogP contribution in [-0.2, 0) is 14.3 Å². The lowest BCUT2D eigenvalue weighted by atomic mass is 10.3. The van der Waals surface area contributed by atoms with Crippen LogP contribution in [0.5, 0.6) is 0 Å². The average molecular weight is 329 g/mol. The summed E-state index contributed by atoms with van der Waals surface area (Å²) in [5.74, 6) is -0.584. The molecule has 1 unspecified atom stereocenters. The van der Waals surface area contributed by atoms with E-state index >= 15 is 0 Å². The van der Waals surface area contributed by atoms with Crippen LogP contribution in [0.1, 0.15) is 13.8 Å². The van der Waals surface area contributed by atoms with Crippen LogP contribution >= 0.6 is 15.9 Å². The standard InChI is InChI=1S/C13H17BrN2O3/c1-3-19-13(18)9(2)15-8-12(17)16-11-7-5-4-6-10(11)14/h4-7,9,15H,3,8H2,1-2H3,(H,16,17). The van der Waals surface area contributed by atoms with Gasteiger partial charge in [-0.15, -0.1) is 0 Å². The largest absolute Gasteiger partial charge is 0.465 e. The van der Waals surface area contributed by atoms with Gasteiger partial charge in [0.25, 0.3) is 0 Å². The van der Waals surface area contributed by atoms with Gasteiger partial charge in [-0.25, -0.2) is 0 Å². The Kier molecular flexibility index (Phi) is 6.52. The van der Waals surface area contributed by atoms with Crippen molar-refractivity contribution in [3.05, 3.63) is 28.7 Å². The Morgan fingerprint density at radius 2 is 2.05 bits per heavy atom. The van der Waals surface area contributed by atoms with Gasteiger partial charge in [-0.05, 0) is 41.9 Å². The monoisotopic (exact) mass is 328 g/mol. The fourth-order valence-corrected chi connectivity index (χ4v) is 1.74. The van der Waals surface area contributed by atoms with Crippen LogP contribution in [0.3, 0.4) is 0 Å². The van der Waals surface area contributed by atoms with E-state index in [1.165, 1.54) is 0 Å². The maximum Gasteiger partial charge on any atom is 0.322 e. The average Bonchev–Trinajstić information content (AvgIpc) is 2.39. The summed E-state index contributed by atoms with van der Waals surface area (Å²) in [7, 11) is 0. The fraction of sp³-hybridized carbons (Fsp3) is 0.385. The number of para-hydroxylation sites is 1. The number of hydrogen-bond acceptors (Lipinski definition) is 4. The maximum absolute atomic E-state index is 11.7. The van der Waals surface area contributed by atoms with Crippen LogP contribution in [0.4, 0.5) is 5.69 Å². The second kappa shape index (κ2) is 7.91. The molecular formula is C13H17BrN2O3. The zero-order valence-corrected chi connectivity index (χ0v) is 12.5. The number of rotatable bonds is 6. The zero-order valence-electron chi connectivity index (χ0n) is 10.9. The summed E-state index contributed by atoms with van der Waals surface area (Å²) in [6, 6.07) is 6.81. The van der Waals surface area contributed by atoms with E-state index in [9.17, 15) is 9.59 Å². The van der Waals surface area contributed by atoms with Crippen LogP contribution in [0, 0.1) is 0 Å². The first-order chi connectivity index (χ1) is 9.04. The van der Waals surface area contributed by atoms with Gasteiger partial charge in [0.2, 0.25) is 5.91 Å². The summed E-state index contributed by atoms with van der Waals surface area (Å²) in [4.78, 5) is 23.0. The second-order valence-corrected chi connectivity index (χ2v) is 4.74. The highest BCUT2D eigenvalue weighted by Gasteiger charge is 2.14. The van der Waals surface area contributed by atoms with E-state index in [4.69, 9.17) is 4.74 Å². The predicted molar refractivity (Wildman–Crippen MR) is 76.9 cm³/mol. The maximum atomic E-state index is 11.7. The minimum atomic E-state index is -0.509. The predicted octanol–water partition coefficient (Wildman–Crippen LogP) is 1.93. The lowest BCUT2D eigenvalue weighted by Crippen LogP contribution is -2.40. The van der Waals surface area contributed by atoms with E-state index in [0.29, 0.717) is 12.3 Å². The van der Waals surface area contributed by atoms with E-state index in [1.54, 1.807) is 19.9 Å². The third kappa shape index (κ3) is 5.40. The number of nitrogens with one attached hydrogen (secondary N) is 2. The second-order valence-electron chi connectivity index (χ2n) is 3.88. The Labute approximate surface area is 120 Å². The molecule has 0 aliphatic carbocycles. The van der Waals surface area contributed by atoms with Crippen molar-refractivity contribution in [2.24, 2.45) is 0 Å². The van der Waals surface area contributed by atoms with Crippen LogP contribution in [0.15, 0.2) is 28.7 Å². The highest BCUT2D eigenvalue weighted by Crippen LogP contribution is 2.20. The van der Waals surface area contributed by atoms with Gasteiger partial charge >= 0.3 is 5.97 Å². The van der Waals surface area contributed by atoms with Crippen LogP contribution in [0.2, 0.25) is 0 Å². The van der Waals surface area contributed by atoms with Crippen molar-refractivity contribution in [3.63, 3.8) is 0 Å². The molecule has 0 aliphatic heterocycles. The molecule has 1 aromatic carbocycles. The van der Waals surface area contributed by atoms with E-state index in [1.807, 2.05) is 18.2 Å². The number of carbonyl (C=O) groups is 2. The lowest BCUT2D eigenvalue weighted by Gasteiger charge is -2.12. The fourth-order valence-electron chi connectivity index (χ4n) is 1.35. The van der Waals surface area contributed by atoms with Crippen molar-refractivity contribution in [1.29, 1.82) is 0 Å². The van der Waals surface area contributed by atoms with Crippen molar-refractivity contribution < 1.29 is 14.3 Å². The Hall–Kier alpha value is -1.40. The number of amides is 1. The van der Waals surface area contributed by atoms with Crippen molar-refractivity contribution in [2.45, 2.75) is 19.9 Å². The van der Waals surface area contributed by atoms with Gasteiger partial charge in [0.05, 0.1) is 18.8 Å². The molecular weight excluding hydrogens is 312 g/mol. The van der Waals surface area contributed by atoms with Crippen molar-refractivity contribution in [3.8, 4) is 0 Å². The molecule has 0 saturated heterocycles. The number of benzene rings is 1. The molecule has 0 heterocycles. The molecule has 0 fully saturated rings. The summed E-state index contributed by atoms with van der Waals surface area (Å²) in [6.45, 7) is 3.77. The van der Waals surface area contributed by atoms with Crippen molar-refractivity contribution in [2.75, 3.05) is 18.5 Å². The summed E-state index contributed by atoms with van der Waals surface area (Å²) >= 11 is 3.34. The lowest BCUT2D eigenvalue weighted by molar-refractivity contribution is -0.145. The SMILES string of the molecule is CCOC(=O)C(C)NCC(=O)Nc1ccccc1Br. The van der Waals surface area contributed by atoms with Crippen LogP contribution in [-0.4, -0.2) is 31.1 Å². The van der Waals surface area contributed by atoms with Crippen LogP contribution in [0.25, 0.3) is 0 Å². The summed E-state index contributed by atoms with van der Waals surface area (Å²) in [6.07, 6.45) is 0. The molecule has 0 aromatic heterocycles. The van der Waals surface area contributed by atoms with Gasteiger partial charge < -0.3 is 10.1 Å². The first-order valence-corrected chi connectivity index (χ1v) is 6.78. The molecule has 0 spiro atoms. The van der Waals surface area contributed by atoms with Gasteiger partial charge in [-0.1, -0.05) is 12.1 Å². The number of halogens is 1. The van der Waals surface area contributed by atoms with E-state index in [2.05, 4.69) is 26.6 Å². The first-order valence-electron chi connectivity index (χ1n) is 5.99. The molecule has 0 radical (unpaired) electrons. The molecule has 2 N–H and O–H groups in total. The van der Waals surface area contributed by atoms with Gasteiger partial charge in [0.1, 0.15) is 6.04 Å². The minimum Gasteiger partial charge on any atom is -0.465 e. The summed E-state index contributed by atoms with van der Waals surface area (Å²) in [5.41, 5.74) is 0.693. The molecule has 5 nitrogen and oxygen atoms in total. The molecule has 6 heteroatoms. The number of hydrogen-bond donors (Lipinski definition) is 2. The molecule has 1 rings (SSSR count). The molecule has 0 saturated carbocycles. The highest BCUT2D eigenvalue weighted by atomic mass is 79.9.